The molecule has 200 valence electrons. The van der Waals surface area contributed by atoms with Gasteiger partial charge in [0.25, 0.3) is 5.91 Å². The quantitative estimate of drug-likeness (QED) is 0.352. The van der Waals surface area contributed by atoms with E-state index >= 15 is 0 Å². The first kappa shape index (κ1) is 26.7. The number of likely N-dealkylation sites (tertiary alicyclic amines) is 1. The zero-order valence-electron chi connectivity index (χ0n) is 20.8. The van der Waals surface area contributed by atoms with Gasteiger partial charge < -0.3 is 4.74 Å². The van der Waals surface area contributed by atoms with Crippen molar-refractivity contribution in [2.24, 2.45) is 5.92 Å². The maximum atomic E-state index is 15.0. The molecule has 2 atom stereocenters. The Hall–Kier alpha value is -1.87. The Balaban J connectivity index is 1.20. The SMILES string of the molecule is C[C@@H](c1cc(Cl)cc(Cl)c1)N1CCC(COc2cc(F)c(C(=O)NS(=N)(=O)C3CC3)cc2C2CC2)CC1. The molecule has 0 aromatic heterocycles. The fraction of sp³-hybridized carbons (Fsp3) is 0.519. The molecule has 1 aliphatic heterocycles. The molecule has 5 rings (SSSR count). The summed E-state index contributed by atoms with van der Waals surface area (Å²) in [6.45, 7) is 4.47. The Bertz CT molecular complexity index is 1270. The minimum absolute atomic E-state index is 0.168. The second kappa shape index (κ2) is 10.7. The summed E-state index contributed by atoms with van der Waals surface area (Å²) in [5.74, 6) is -0.448. The third kappa shape index (κ3) is 6.41. The molecule has 6 nitrogen and oxygen atoms in total. The van der Waals surface area contributed by atoms with Crippen LogP contribution in [0.3, 0.4) is 0 Å². The van der Waals surface area contributed by atoms with Gasteiger partial charge in [0.1, 0.15) is 21.5 Å². The zero-order chi connectivity index (χ0) is 26.3. The van der Waals surface area contributed by atoms with Crippen LogP contribution in [0.5, 0.6) is 5.75 Å². The number of ether oxygens (including phenoxy) is 1. The van der Waals surface area contributed by atoms with Crippen molar-refractivity contribution < 1.29 is 18.1 Å². The van der Waals surface area contributed by atoms with Crippen LogP contribution < -0.4 is 9.46 Å². The molecule has 2 aromatic rings. The number of benzene rings is 2. The second-order valence-electron chi connectivity index (χ2n) is 10.5. The average molecular weight is 569 g/mol. The van der Waals surface area contributed by atoms with E-state index in [1.54, 1.807) is 6.07 Å². The van der Waals surface area contributed by atoms with Gasteiger partial charge in [0.05, 0.1) is 17.4 Å². The van der Waals surface area contributed by atoms with Crippen LogP contribution in [-0.4, -0.2) is 40.0 Å². The molecule has 2 N–H and O–H groups in total. The molecule has 0 radical (unpaired) electrons. The molecule has 2 aliphatic carbocycles. The number of hydrogen-bond acceptors (Lipinski definition) is 5. The molecule has 1 heterocycles. The summed E-state index contributed by atoms with van der Waals surface area (Å²) in [5.41, 5.74) is 1.75. The molecule has 3 fully saturated rings. The van der Waals surface area contributed by atoms with E-state index in [0.717, 1.165) is 49.9 Å². The topological polar surface area (TPSA) is 82.5 Å². The van der Waals surface area contributed by atoms with Crippen LogP contribution in [0.2, 0.25) is 10.0 Å². The van der Waals surface area contributed by atoms with Crippen LogP contribution in [0.25, 0.3) is 0 Å². The Labute approximate surface area is 228 Å². The number of carbonyl (C=O) groups excluding carboxylic acids is 1. The van der Waals surface area contributed by atoms with Crippen molar-refractivity contribution in [3.63, 3.8) is 0 Å². The molecule has 37 heavy (non-hydrogen) atoms. The van der Waals surface area contributed by atoms with Crippen molar-refractivity contribution in [1.82, 2.24) is 9.62 Å². The Morgan fingerprint density at radius 3 is 2.35 bits per heavy atom. The highest BCUT2D eigenvalue weighted by Gasteiger charge is 2.35. The molecule has 0 spiro atoms. The summed E-state index contributed by atoms with van der Waals surface area (Å²) in [6, 6.07) is 8.67. The largest absolute Gasteiger partial charge is 0.493 e. The van der Waals surface area contributed by atoms with E-state index in [9.17, 15) is 13.4 Å². The maximum Gasteiger partial charge on any atom is 0.266 e. The molecule has 1 saturated heterocycles. The first-order valence-corrected chi connectivity index (χ1v) is 15.2. The highest BCUT2D eigenvalue weighted by molar-refractivity contribution is 7.92. The lowest BCUT2D eigenvalue weighted by Gasteiger charge is -2.36. The molecule has 2 saturated carbocycles. The molecule has 2 aromatic carbocycles. The first-order valence-electron chi connectivity index (χ1n) is 12.9. The van der Waals surface area contributed by atoms with Gasteiger partial charge in [0.2, 0.25) is 0 Å². The van der Waals surface area contributed by atoms with Crippen molar-refractivity contribution in [2.75, 3.05) is 19.7 Å². The number of halogens is 3. The standard InChI is InChI=1S/C27H32Cl2FN3O3S/c1-16(19-10-20(28)12-21(29)11-19)33-8-6-17(7-9-33)15-36-26-14-25(30)24(13-23(26)18-2-3-18)27(34)32-37(31,35)22-4-5-22/h10-14,16-18,22H,2-9,15H2,1H3,(H2,31,32,34,35)/t16-,37?/m0/s1. The van der Waals surface area contributed by atoms with Crippen LogP contribution in [0.4, 0.5) is 4.39 Å². The fourth-order valence-electron chi connectivity index (χ4n) is 5.00. The molecule has 0 bridgehead atoms. The van der Waals surface area contributed by atoms with Gasteiger partial charge >= 0.3 is 0 Å². The number of nitrogens with zero attached hydrogens (tertiary/aromatic N) is 1. The van der Waals surface area contributed by atoms with Crippen LogP contribution in [0, 0.1) is 16.5 Å². The fourth-order valence-corrected chi connectivity index (χ4v) is 6.90. The lowest BCUT2D eigenvalue weighted by molar-refractivity contribution is 0.0977. The summed E-state index contributed by atoms with van der Waals surface area (Å²) >= 11 is 12.4. The number of hydrogen-bond donors (Lipinski definition) is 2. The van der Waals surface area contributed by atoms with Gasteiger partial charge in [0, 0.05) is 22.2 Å². The van der Waals surface area contributed by atoms with Gasteiger partial charge in [-0.1, -0.05) is 23.2 Å². The van der Waals surface area contributed by atoms with Crippen molar-refractivity contribution in [2.45, 2.75) is 62.7 Å². The lowest BCUT2D eigenvalue weighted by Crippen LogP contribution is -2.37. The number of amides is 1. The molecule has 10 heteroatoms. The summed E-state index contributed by atoms with van der Waals surface area (Å²) in [6.07, 6.45) is 5.14. The minimum Gasteiger partial charge on any atom is -0.493 e. The van der Waals surface area contributed by atoms with E-state index in [0.29, 0.717) is 41.2 Å². The van der Waals surface area contributed by atoms with Crippen molar-refractivity contribution in [3.05, 3.63) is 62.9 Å². The molecular formula is C27H32Cl2FN3O3S. The number of rotatable bonds is 9. The van der Waals surface area contributed by atoms with Crippen molar-refractivity contribution >= 4 is 39.0 Å². The van der Waals surface area contributed by atoms with E-state index in [4.69, 9.17) is 32.7 Å². The van der Waals surface area contributed by atoms with E-state index in [1.807, 2.05) is 12.1 Å². The van der Waals surface area contributed by atoms with Crippen LogP contribution in [0.15, 0.2) is 30.3 Å². The van der Waals surface area contributed by atoms with E-state index in [-0.39, 0.29) is 22.8 Å². The minimum atomic E-state index is -3.25. The molecular weight excluding hydrogens is 536 g/mol. The van der Waals surface area contributed by atoms with Crippen molar-refractivity contribution in [3.8, 4) is 5.75 Å². The summed E-state index contributed by atoms with van der Waals surface area (Å²) in [7, 11) is -3.25. The van der Waals surface area contributed by atoms with Crippen molar-refractivity contribution in [1.29, 1.82) is 4.78 Å². The van der Waals surface area contributed by atoms with E-state index < -0.39 is 21.6 Å². The van der Waals surface area contributed by atoms with Gasteiger partial charge in [-0.05, 0) is 106 Å². The predicted octanol–water partition coefficient (Wildman–Crippen LogP) is 6.72. The van der Waals surface area contributed by atoms with Gasteiger partial charge in [-0.15, -0.1) is 0 Å². The number of piperidine rings is 1. The maximum absolute atomic E-state index is 15.0. The third-order valence-corrected chi connectivity index (χ3v) is 9.97. The number of carbonyl (C=O) groups is 1. The highest BCUT2D eigenvalue weighted by Crippen LogP contribution is 2.45. The third-order valence-electron chi connectivity index (χ3n) is 7.64. The Morgan fingerprint density at radius 2 is 1.76 bits per heavy atom. The molecule has 1 amide bonds. The normalized spacial score (nSPS) is 21.3. The molecule has 1 unspecified atom stereocenters. The predicted molar refractivity (Wildman–Crippen MR) is 144 cm³/mol. The lowest BCUT2D eigenvalue weighted by atomic mass is 9.95. The van der Waals surface area contributed by atoms with E-state index in [2.05, 4.69) is 16.5 Å². The van der Waals surface area contributed by atoms with Gasteiger partial charge in [-0.2, -0.15) is 0 Å². The first-order chi connectivity index (χ1) is 17.6. The van der Waals surface area contributed by atoms with Crippen LogP contribution >= 0.6 is 23.2 Å². The van der Waals surface area contributed by atoms with Gasteiger partial charge in [-0.3, -0.25) is 14.4 Å². The van der Waals surface area contributed by atoms with E-state index in [1.165, 1.54) is 12.1 Å². The Kier molecular flexibility index (Phi) is 7.74. The van der Waals surface area contributed by atoms with Crippen LogP contribution in [0.1, 0.15) is 78.9 Å². The second-order valence-corrected chi connectivity index (χ2v) is 13.5. The monoisotopic (exact) mass is 567 g/mol. The highest BCUT2D eigenvalue weighted by atomic mass is 35.5. The summed E-state index contributed by atoms with van der Waals surface area (Å²) in [5, 5.41) is 0.940. The number of nitrogens with one attached hydrogen (secondary N) is 2. The van der Waals surface area contributed by atoms with Gasteiger partial charge in [-0.25, -0.2) is 13.4 Å². The van der Waals surface area contributed by atoms with Gasteiger partial charge in [0.15, 0.2) is 0 Å². The zero-order valence-corrected chi connectivity index (χ0v) is 23.1. The molecule has 3 aliphatic rings. The Morgan fingerprint density at radius 1 is 1.11 bits per heavy atom. The summed E-state index contributed by atoms with van der Waals surface area (Å²) < 4.78 is 43.6. The summed E-state index contributed by atoms with van der Waals surface area (Å²) in [4.78, 5) is 15.1. The van der Waals surface area contributed by atoms with Crippen LogP contribution in [-0.2, 0) is 9.92 Å². The average Bonchev–Trinajstić information content (AvgIpc) is 3.74. The smallest absolute Gasteiger partial charge is 0.266 e.